The smallest absolute Gasteiger partial charge is 0.291 e. The predicted molar refractivity (Wildman–Crippen MR) is 107 cm³/mol. The summed E-state index contributed by atoms with van der Waals surface area (Å²) in [7, 11) is 0. The molecule has 0 aliphatic carbocycles. The van der Waals surface area contributed by atoms with E-state index in [4.69, 9.17) is 33.7 Å². The number of aromatic nitrogens is 3. The predicted octanol–water partition coefficient (Wildman–Crippen LogP) is 6.84. The van der Waals surface area contributed by atoms with Crippen molar-refractivity contribution in [1.82, 2.24) is 15.0 Å². The first-order chi connectivity index (χ1) is 16.5. The molecular formula is C19H8Cl2F9N5O. The number of halogens is 11. The van der Waals surface area contributed by atoms with E-state index < -0.39 is 45.2 Å². The van der Waals surface area contributed by atoms with Crippen molar-refractivity contribution in [3.05, 3.63) is 57.7 Å². The summed E-state index contributed by atoms with van der Waals surface area (Å²) in [5, 5.41) is 23.5. The van der Waals surface area contributed by atoms with Gasteiger partial charge in [-0.05, 0) is 24.3 Å². The van der Waals surface area contributed by atoms with Crippen LogP contribution in [-0.2, 0) is 5.67 Å². The van der Waals surface area contributed by atoms with Crippen molar-refractivity contribution in [3.63, 3.8) is 0 Å². The molecule has 0 radical (unpaired) electrons. The standard InChI is InChI=1S/C19H8Cl2F9N5O/c20-11-4-10(16(22,18(25,26)27)17(23,24)19(28,29)30)5-12(21)15(11)35-7-14(32-34-35)8-1-2-9(6-31)13(3-8)33-36/h1-5,7,33,36H. The fraction of sp³-hybridized carbons (Fsp3) is 0.211. The normalized spacial score (nSPS) is 14.3. The van der Waals surface area contributed by atoms with Crippen LogP contribution in [0.4, 0.5) is 45.2 Å². The second-order valence-electron chi connectivity index (χ2n) is 7.05. The topological polar surface area (TPSA) is 86.8 Å². The first-order valence-corrected chi connectivity index (χ1v) is 9.82. The number of hydrogen-bond donors (Lipinski definition) is 2. The number of anilines is 1. The second-order valence-corrected chi connectivity index (χ2v) is 7.86. The average molecular weight is 564 g/mol. The van der Waals surface area contributed by atoms with E-state index in [9.17, 15) is 39.5 Å². The fourth-order valence-electron chi connectivity index (χ4n) is 3.10. The van der Waals surface area contributed by atoms with Gasteiger partial charge in [-0.15, -0.1) is 5.10 Å². The lowest BCUT2D eigenvalue weighted by Gasteiger charge is -2.36. The van der Waals surface area contributed by atoms with Gasteiger partial charge in [0.25, 0.3) is 0 Å². The number of nitrogens with one attached hydrogen (secondary N) is 1. The molecule has 1 aromatic heterocycles. The van der Waals surface area contributed by atoms with Gasteiger partial charge in [-0.3, -0.25) is 10.7 Å². The molecule has 3 rings (SSSR count). The Morgan fingerprint density at radius 3 is 1.97 bits per heavy atom. The van der Waals surface area contributed by atoms with Crippen molar-refractivity contribution in [2.45, 2.75) is 23.9 Å². The van der Waals surface area contributed by atoms with E-state index in [0.29, 0.717) is 0 Å². The molecule has 3 aromatic rings. The van der Waals surface area contributed by atoms with Crippen LogP contribution in [0.3, 0.4) is 0 Å². The van der Waals surface area contributed by atoms with Crippen LogP contribution < -0.4 is 5.48 Å². The Labute approximate surface area is 204 Å². The van der Waals surface area contributed by atoms with Crippen molar-refractivity contribution in [3.8, 4) is 23.0 Å². The highest BCUT2D eigenvalue weighted by Gasteiger charge is 2.81. The molecule has 0 saturated heterocycles. The number of nitrogens with zero attached hydrogens (tertiary/aromatic N) is 4. The summed E-state index contributed by atoms with van der Waals surface area (Å²) in [6, 6.07) is 5.56. The lowest BCUT2D eigenvalue weighted by atomic mass is 9.87. The Balaban J connectivity index is 2.13. The minimum atomic E-state index is -6.92. The highest BCUT2D eigenvalue weighted by molar-refractivity contribution is 6.37. The van der Waals surface area contributed by atoms with Gasteiger partial charge in [0.2, 0.25) is 0 Å². The zero-order valence-electron chi connectivity index (χ0n) is 16.9. The quantitative estimate of drug-likeness (QED) is 0.262. The number of hydrogen-bond acceptors (Lipinski definition) is 5. The van der Waals surface area contributed by atoms with Gasteiger partial charge in [-0.1, -0.05) is 34.5 Å². The van der Waals surface area contributed by atoms with Crippen LogP contribution in [0.5, 0.6) is 0 Å². The molecule has 1 atom stereocenters. The van der Waals surface area contributed by atoms with Crippen LogP contribution in [-0.4, -0.2) is 38.5 Å². The Bertz CT molecular complexity index is 1330. The number of benzene rings is 2. The van der Waals surface area contributed by atoms with Crippen molar-refractivity contribution in [1.29, 1.82) is 5.26 Å². The molecule has 1 unspecified atom stereocenters. The SMILES string of the molecule is N#Cc1ccc(-c2cn(-c3c(Cl)cc(C(F)(C(F)(F)F)C(F)(F)C(F)(F)F)cc3Cl)nn2)cc1NO. The first kappa shape index (κ1) is 27.4. The maximum absolute atomic E-state index is 14.8. The second kappa shape index (κ2) is 9.02. The van der Waals surface area contributed by atoms with Crippen LogP contribution in [0.2, 0.25) is 10.0 Å². The number of alkyl halides is 9. The monoisotopic (exact) mass is 563 g/mol. The molecule has 2 N–H and O–H groups in total. The molecule has 0 aliphatic rings. The molecule has 192 valence electrons. The van der Waals surface area contributed by atoms with E-state index in [-0.39, 0.29) is 34.6 Å². The van der Waals surface area contributed by atoms with Gasteiger partial charge in [-0.2, -0.15) is 40.4 Å². The Morgan fingerprint density at radius 1 is 0.917 bits per heavy atom. The van der Waals surface area contributed by atoms with E-state index in [0.717, 1.165) is 10.9 Å². The van der Waals surface area contributed by atoms with Crippen LogP contribution >= 0.6 is 23.2 Å². The van der Waals surface area contributed by atoms with Gasteiger partial charge in [-0.25, -0.2) is 9.07 Å². The summed E-state index contributed by atoms with van der Waals surface area (Å²) in [5.74, 6) is -6.90. The number of rotatable bonds is 5. The summed E-state index contributed by atoms with van der Waals surface area (Å²) in [5.41, 5.74) is -6.88. The molecule has 0 saturated carbocycles. The molecule has 6 nitrogen and oxygen atoms in total. The summed E-state index contributed by atoms with van der Waals surface area (Å²) >= 11 is 11.6. The largest absolute Gasteiger partial charge is 0.457 e. The third-order valence-electron chi connectivity index (χ3n) is 4.87. The zero-order valence-corrected chi connectivity index (χ0v) is 18.4. The van der Waals surface area contributed by atoms with Crippen LogP contribution in [0, 0.1) is 11.3 Å². The van der Waals surface area contributed by atoms with Crippen LogP contribution in [0.15, 0.2) is 36.5 Å². The van der Waals surface area contributed by atoms with E-state index in [2.05, 4.69) is 10.3 Å². The molecule has 0 bridgehead atoms. The van der Waals surface area contributed by atoms with Crippen molar-refractivity contribution in [2.24, 2.45) is 0 Å². The Kier molecular flexibility index (Phi) is 6.86. The summed E-state index contributed by atoms with van der Waals surface area (Å²) in [6.45, 7) is 0. The highest BCUT2D eigenvalue weighted by Crippen LogP contribution is 2.59. The Morgan fingerprint density at radius 2 is 1.50 bits per heavy atom. The molecule has 0 aliphatic heterocycles. The molecule has 36 heavy (non-hydrogen) atoms. The van der Waals surface area contributed by atoms with E-state index in [1.54, 1.807) is 11.5 Å². The first-order valence-electron chi connectivity index (χ1n) is 9.06. The van der Waals surface area contributed by atoms with Gasteiger partial charge < -0.3 is 0 Å². The Hall–Kier alpha value is -3.22. The van der Waals surface area contributed by atoms with Gasteiger partial charge in [0.05, 0.1) is 27.5 Å². The molecule has 0 amide bonds. The highest BCUT2D eigenvalue weighted by atomic mass is 35.5. The molecule has 0 fully saturated rings. The minimum Gasteiger partial charge on any atom is -0.291 e. The van der Waals surface area contributed by atoms with E-state index in [1.807, 2.05) is 0 Å². The molecule has 2 aromatic carbocycles. The lowest BCUT2D eigenvalue weighted by molar-refractivity contribution is -0.389. The van der Waals surface area contributed by atoms with Gasteiger partial charge in [0.1, 0.15) is 17.5 Å². The van der Waals surface area contributed by atoms with E-state index in [1.165, 1.54) is 18.2 Å². The summed E-state index contributed by atoms with van der Waals surface area (Å²) in [6.07, 6.45) is -12.6. The van der Waals surface area contributed by atoms with Gasteiger partial charge >= 0.3 is 23.9 Å². The van der Waals surface area contributed by atoms with Gasteiger partial charge in [0, 0.05) is 11.1 Å². The molecule has 0 spiro atoms. The number of nitriles is 1. The fourth-order valence-corrected chi connectivity index (χ4v) is 3.76. The zero-order chi connectivity index (χ0) is 27.3. The van der Waals surface area contributed by atoms with Crippen molar-refractivity contribution >= 4 is 28.9 Å². The summed E-state index contributed by atoms with van der Waals surface area (Å²) in [4.78, 5) is 0. The van der Waals surface area contributed by atoms with Crippen molar-refractivity contribution < 1.29 is 44.7 Å². The van der Waals surface area contributed by atoms with Gasteiger partial charge in [0.15, 0.2) is 0 Å². The van der Waals surface area contributed by atoms with Crippen molar-refractivity contribution in [2.75, 3.05) is 5.48 Å². The third-order valence-corrected chi connectivity index (χ3v) is 5.45. The summed E-state index contributed by atoms with van der Waals surface area (Å²) < 4.78 is 121. The van der Waals surface area contributed by atoms with Crippen LogP contribution in [0.1, 0.15) is 11.1 Å². The average Bonchev–Trinajstić information content (AvgIpc) is 3.25. The maximum atomic E-state index is 14.8. The molecular weight excluding hydrogens is 556 g/mol. The third kappa shape index (κ3) is 4.29. The maximum Gasteiger partial charge on any atom is 0.457 e. The minimum absolute atomic E-state index is 0.0194. The van der Waals surface area contributed by atoms with Crippen LogP contribution in [0.25, 0.3) is 16.9 Å². The lowest BCUT2D eigenvalue weighted by Crippen LogP contribution is -2.59. The molecule has 17 heteroatoms. The molecule has 1 heterocycles. The van der Waals surface area contributed by atoms with E-state index >= 15 is 0 Å².